The molecule has 102 valence electrons. The van der Waals surface area contributed by atoms with E-state index < -0.39 is 0 Å². The van der Waals surface area contributed by atoms with Gasteiger partial charge in [-0.25, -0.2) is 4.99 Å². The summed E-state index contributed by atoms with van der Waals surface area (Å²) >= 11 is 0. The summed E-state index contributed by atoms with van der Waals surface area (Å²) in [5.74, 6) is 0.773. The van der Waals surface area contributed by atoms with E-state index in [1.54, 1.807) is 7.05 Å². The van der Waals surface area contributed by atoms with Gasteiger partial charge >= 0.3 is 0 Å². The van der Waals surface area contributed by atoms with Gasteiger partial charge in [-0.2, -0.15) is 0 Å². The Balaban J connectivity index is 2.36. The average Bonchev–Trinajstić information content (AvgIpc) is 2.48. The lowest BCUT2D eigenvalue weighted by Crippen LogP contribution is -2.04. The van der Waals surface area contributed by atoms with Crippen LogP contribution in [-0.2, 0) is 0 Å². The van der Waals surface area contributed by atoms with Crippen molar-refractivity contribution < 1.29 is 0 Å². The second-order valence-corrected chi connectivity index (χ2v) is 4.91. The molecule has 2 nitrogen and oxygen atoms in total. The predicted octanol–water partition coefficient (Wildman–Crippen LogP) is 4.19. The number of nitrogens with zero attached hydrogens (tertiary/aromatic N) is 2. The quantitative estimate of drug-likeness (QED) is 0.574. The van der Waals surface area contributed by atoms with Gasteiger partial charge in [0.25, 0.3) is 0 Å². The Morgan fingerprint density at radius 2 is 1.55 bits per heavy atom. The van der Waals surface area contributed by atoms with Crippen LogP contribution in [0.2, 0.25) is 0 Å². The first kappa shape index (κ1) is 14.2. The molecule has 0 fully saturated rings. The Morgan fingerprint density at radius 1 is 0.850 bits per heavy atom. The average molecular weight is 264 g/mol. The van der Waals surface area contributed by atoms with Gasteiger partial charge in [0.15, 0.2) is 5.84 Å². The standard InChI is InChI=1S/C18H20N2/c1-13-10-11-17(12-14(13)2)18(19-4)20-15(3)16-8-6-5-7-9-16/h5-12H,1-4H3. The van der Waals surface area contributed by atoms with Gasteiger partial charge in [0.05, 0.1) is 0 Å². The lowest BCUT2D eigenvalue weighted by Gasteiger charge is -2.06. The van der Waals surface area contributed by atoms with Gasteiger partial charge in [-0.15, -0.1) is 0 Å². The Kier molecular flexibility index (Phi) is 4.46. The molecule has 0 bridgehead atoms. The summed E-state index contributed by atoms with van der Waals surface area (Å²) in [5, 5.41) is 0. The number of aliphatic imine (C=N–C) groups is 2. The lowest BCUT2D eigenvalue weighted by atomic mass is 10.1. The van der Waals surface area contributed by atoms with Gasteiger partial charge in [0, 0.05) is 18.3 Å². The van der Waals surface area contributed by atoms with Crippen molar-refractivity contribution in [3.05, 3.63) is 70.8 Å². The van der Waals surface area contributed by atoms with E-state index in [1.807, 2.05) is 25.1 Å². The molecule has 0 N–H and O–H groups in total. The zero-order valence-corrected chi connectivity index (χ0v) is 12.5. The second-order valence-electron chi connectivity index (χ2n) is 4.91. The highest BCUT2D eigenvalue weighted by Gasteiger charge is 2.04. The normalized spacial score (nSPS) is 12.6. The van der Waals surface area contributed by atoms with E-state index in [4.69, 9.17) is 0 Å². The van der Waals surface area contributed by atoms with E-state index in [2.05, 4.69) is 54.2 Å². The maximum absolute atomic E-state index is 4.67. The smallest absolute Gasteiger partial charge is 0.154 e. The monoisotopic (exact) mass is 264 g/mol. The van der Waals surface area contributed by atoms with Gasteiger partial charge in [-0.05, 0) is 43.5 Å². The third kappa shape index (κ3) is 3.21. The maximum atomic E-state index is 4.67. The van der Waals surface area contributed by atoms with E-state index in [0.29, 0.717) is 0 Å². The highest BCUT2D eigenvalue weighted by atomic mass is 14.9. The molecule has 20 heavy (non-hydrogen) atoms. The lowest BCUT2D eigenvalue weighted by molar-refractivity contribution is 1.31. The summed E-state index contributed by atoms with van der Waals surface area (Å²) in [6, 6.07) is 16.5. The van der Waals surface area contributed by atoms with Crippen molar-refractivity contribution in [2.45, 2.75) is 20.8 Å². The summed E-state index contributed by atoms with van der Waals surface area (Å²) in [4.78, 5) is 9.00. The minimum atomic E-state index is 0.773. The van der Waals surface area contributed by atoms with Crippen LogP contribution in [0.1, 0.15) is 29.2 Å². The topological polar surface area (TPSA) is 24.7 Å². The number of amidine groups is 1. The number of rotatable bonds is 2. The van der Waals surface area contributed by atoms with Crippen LogP contribution in [0.5, 0.6) is 0 Å². The Labute approximate surface area is 120 Å². The van der Waals surface area contributed by atoms with Gasteiger partial charge in [0.2, 0.25) is 0 Å². The summed E-state index contributed by atoms with van der Waals surface area (Å²) < 4.78 is 0. The molecule has 2 heteroatoms. The molecular weight excluding hydrogens is 244 g/mol. The van der Waals surface area contributed by atoms with Crippen molar-refractivity contribution in [2.75, 3.05) is 7.05 Å². The SMILES string of the molecule is CN=C(N=C(C)c1ccccc1)c1ccc(C)c(C)c1. The fourth-order valence-electron chi connectivity index (χ4n) is 2.03. The third-order valence-corrected chi connectivity index (χ3v) is 3.44. The molecule has 0 aromatic heterocycles. The fraction of sp³-hybridized carbons (Fsp3) is 0.222. The summed E-state index contributed by atoms with van der Waals surface area (Å²) in [7, 11) is 1.78. The second kappa shape index (κ2) is 6.29. The van der Waals surface area contributed by atoms with Crippen LogP contribution in [0, 0.1) is 13.8 Å². The van der Waals surface area contributed by atoms with Crippen molar-refractivity contribution in [3.8, 4) is 0 Å². The van der Waals surface area contributed by atoms with Crippen LogP contribution < -0.4 is 0 Å². The van der Waals surface area contributed by atoms with E-state index in [0.717, 1.165) is 22.7 Å². The summed E-state index contributed by atoms with van der Waals surface area (Å²) in [5.41, 5.74) is 5.71. The molecule has 2 rings (SSSR count). The largest absolute Gasteiger partial charge is 0.270 e. The van der Waals surface area contributed by atoms with E-state index >= 15 is 0 Å². The molecule has 0 radical (unpaired) electrons. The molecule has 0 aliphatic rings. The van der Waals surface area contributed by atoms with E-state index in [1.165, 1.54) is 11.1 Å². The Hall–Kier alpha value is -2.22. The zero-order valence-electron chi connectivity index (χ0n) is 12.5. The molecule has 0 saturated carbocycles. The summed E-state index contributed by atoms with van der Waals surface area (Å²) in [6.07, 6.45) is 0. The number of benzene rings is 2. The Bertz CT molecular complexity index is 652. The van der Waals surface area contributed by atoms with E-state index in [-0.39, 0.29) is 0 Å². The van der Waals surface area contributed by atoms with Crippen molar-refractivity contribution >= 4 is 11.5 Å². The van der Waals surface area contributed by atoms with Crippen LogP contribution in [-0.4, -0.2) is 18.6 Å². The van der Waals surface area contributed by atoms with Crippen LogP contribution >= 0.6 is 0 Å². The van der Waals surface area contributed by atoms with Gasteiger partial charge in [0.1, 0.15) is 0 Å². The highest BCUT2D eigenvalue weighted by molar-refractivity contribution is 6.11. The first-order valence-electron chi connectivity index (χ1n) is 6.77. The number of aryl methyl sites for hydroxylation is 2. The molecular formula is C18H20N2. The number of hydrogen-bond acceptors (Lipinski definition) is 1. The maximum Gasteiger partial charge on any atom is 0.154 e. The first-order chi connectivity index (χ1) is 9.61. The van der Waals surface area contributed by atoms with E-state index in [9.17, 15) is 0 Å². The minimum Gasteiger partial charge on any atom is -0.270 e. The molecule has 0 atom stereocenters. The highest BCUT2D eigenvalue weighted by Crippen LogP contribution is 2.12. The van der Waals surface area contributed by atoms with Crippen LogP contribution in [0.15, 0.2) is 58.5 Å². The Morgan fingerprint density at radius 3 is 2.15 bits per heavy atom. The van der Waals surface area contributed by atoms with Crippen molar-refractivity contribution in [2.24, 2.45) is 9.98 Å². The molecule has 0 saturated heterocycles. The van der Waals surface area contributed by atoms with Crippen molar-refractivity contribution in [3.63, 3.8) is 0 Å². The molecule has 0 spiro atoms. The van der Waals surface area contributed by atoms with Gasteiger partial charge < -0.3 is 0 Å². The zero-order chi connectivity index (χ0) is 14.5. The van der Waals surface area contributed by atoms with Crippen LogP contribution in [0.25, 0.3) is 0 Å². The molecule has 0 unspecified atom stereocenters. The molecule has 0 amide bonds. The molecule has 2 aromatic rings. The molecule has 0 aliphatic heterocycles. The minimum absolute atomic E-state index is 0.773. The number of hydrogen-bond donors (Lipinski definition) is 0. The fourth-order valence-corrected chi connectivity index (χ4v) is 2.03. The molecule has 0 aliphatic carbocycles. The van der Waals surface area contributed by atoms with Crippen LogP contribution in [0.4, 0.5) is 0 Å². The van der Waals surface area contributed by atoms with Gasteiger partial charge in [-0.1, -0.05) is 42.5 Å². The molecule has 0 heterocycles. The van der Waals surface area contributed by atoms with Crippen LogP contribution in [0.3, 0.4) is 0 Å². The molecule has 2 aromatic carbocycles. The first-order valence-corrected chi connectivity index (χ1v) is 6.77. The van der Waals surface area contributed by atoms with Gasteiger partial charge in [-0.3, -0.25) is 4.99 Å². The third-order valence-electron chi connectivity index (χ3n) is 3.44. The predicted molar refractivity (Wildman–Crippen MR) is 87.0 cm³/mol. The van der Waals surface area contributed by atoms with Crippen molar-refractivity contribution in [1.29, 1.82) is 0 Å². The van der Waals surface area contributed by atoms with Crippen molar-refractivity contribution in [1.82, 2.24) is 0 Å². The summed E-state index contributed by atoms with van der Waals surface area (Å²) in [6.45, 7) is 6.24.